The van der Waals surface area contributed by atoms with Gasteiger partial charge in [0.15, 0.2) is 0 Å². The van der Waals surface area contributed by atoms with Gasteiger partial charge in [-0.05, 0) is 39.7 Å². The molecular formula is C19H27N5O2S. The fourth-order valence-corrected chi connectivity index (χ4v) is 4.28. The number of likely N-dealkylation sites (tertiary alicyclic amines) is 1. The maximum Gasteiger partial charge on any atom is 0.240 e. The van der Waals surface area contributed by atoms with Crippen molar-refractivity contribution >= 4 is 23.2 Å². The predicted octanol–water partition coefficient (Wildman–Crippen LogP) is 1.60. The largest absolute Gasteiger partial charge is 0.369 e. The summed E-state index contributed by atoms with van der Waals surface area (Å²) >= 11 is 1.63. The normalized spacial score (nSPS) is 15.8. The van der Waals surface area contributed by atoms with E-state index >= 15 is 0 Å². The molecule has 1 saturated heterocycles. The summed E-state index contributed by atoms with van der Waals surface area (Å²) in [5.74, 6) is -0.284. The lowest BCUT2D eigenvalue weighted by atomic mass is 10.1. The average Bonchev–Trinajstić information content (AvgIpc) is 3.14. The maximum atomic E-state index is 12.6. The van der Waals surface area contributed by atoms with Gasteiger partial charge in [-0.25, -0.2) is 4.98 Å². The number of amides is 2. The van der Waals surface area contributed by atoms with Crippen LogP contribution in [0.25, 0.3) is 11.3 Å². The topological polar surface area (TPSA) is 93.2 Å². The molecule has 1 fully saturated rings. The van der Waals surface area contributed by atoms with E-state index in [1.807, 2.05) is 30.2 Å². The van der Waals surface area contributed by atoms with Gasteiger partial charge < -0.3 is 15.6 Å². The molecular weight excluding hydrogens is 362 g/mol. The molecule has 0 bridgehead atoms. The second-order valence-corrected chi connectivity index (χ2v) is 8.27. The van der Waals surface area contributed by atoms with Crippen molar-refractivity contribution < 1.29 is 9.59 Å². The van der Waals surface area contributed by atoms with Crippen LogP contribution < -0.4 is 11.1 Å². The molecule has 0 aliphatic carbocycles. The molecule has 1 aliphatic heterocycles. The van der Waals surface area contributed by atoms with Crippen molar-refractivity contribution in [2.45, 2.75) is 46.2 Å². The lowest BCUT2D eigenvalue weighted by molar-refractivity contribution is -0.123. The number of rotatable bonds is 6. The van der Waals surface area contributed by atoms with E-state index in [-0.39, 0.29) is 17.9 Å². The van der Waals surface area contributed by atoms with Gasteiger partial charge in [-0.2, -0.15) is 0 Å². The van der Waals surface area contributed by atoms with Crippen LogP contribution in [0.3, 0.4) is 0 Å². The zero-order chi connectivity index (χ0) is 19.6. The lowest BCUT2D eigenvalue weighted by Gasteiger charge is -2.31. The van der Waals surface area contributed by atoms with Gasteiger partial charge in [0.05, 0.1) is 17.2 Å². The van der Waals surface area contributed by atoms with E-state index in [1.54, 1.807) is 11.3 Å². The van der Waals surface area contributed by atoms with Crippen LogP contribution in [-0.4, -0.2) is 51.9 Å². The zero-order valence-corrected chi connectivity index (χ0v) is 16.9. The van der Waals surface area contributed by atoms with E-state index in [2.05, 4.69) is 21.7 Å². The Balaban J connectivity index is 1.59. The fourth-order valence-electron chi connectivity index (χ4n) is 3.66. The number of carbonyl (C=O) groups excluding carboxylic acids is 2. The van der Waals surface area contributed by atoms with Crippen LogP contribution in [0, 0.1) is 20.8 Å². The smallest absolute Gasteiger partial charge is 0.240 e. The minimum atomic E-state index is -0.304. The van der Waals surface area contributed by atoms with Crippen molar-refractivity contribution in [3.8, 4) is 11.3 Å². The third kappa shape index (κ3) is 4.75. The summed E-state index contributed by atoms with van der Waals surface area (Å²) in [6, 6.07) is 2.25. The summed E-state index contributed by atoms with van der Waals surface area (Å²) in [4.78, 5) is 30.2. The molecule has 0 atom stereocenters. The van der Waals surface area contributed by atoms with Crippen molar-refractivity contribution in [3.63, 3.8) is 0 Å². The third-order valence-electron chi connectivity index (χ3n) is 5.10. The fraction of sp³-hybridized carbons (Fsp3) is 0.526. The molecule has 3 N–H and O–H groups in total. The quantitative estimate of drug-likeness (QED) is 0.785. The Morgan fingerprint density at radius 1 is 1.26 bits per heavy atom. The molecule has 3 rings (SSSR count). The Bertz CT molecular complexity index is 833. The number of aromatic nitrogens is 2. The molecule has 2 aromatic heterocycles. The van der Waals surface area contributed by atoms with E-state index in [4.69, 9.17) is 5.73 Å². The van der Waals surface area contributed by atoms with Gasteiger partial charge in [0.2, 0.25) is 11.8 Å². The molecule has 0 unspecified atom stereocenters. The van der Waals surface area contributed by atoms with Crippen molar-refractivity contribution in [2.75, 3.05) is 19.6 Å². The number of hydrogen-bond donors (Lipinski definition) is 2. The number of primary amides is 1. The SMILES string of the molecule is Cc1nc(-c2cc(C)n(CC(=O)NC3CCN(CC(N)=O)CC3)c2C)cs1. The number of carbonyl (C=O) groups is 2. The number of thiazole rings is 1. The first-order chi connectivity index (χ1) is 12.8. The van der Waals surface area contributed by atoms with Gasteiger partial charge in [0.25, 0.3) is 0 Å². The Hall–Kier alpha value is -2.19. The summed E-state index contributed by atoms with van der Waals surface area (Å²) in [6.07, 6.45) is 1.68. The molecule has 0 radical (unpaired) electrons. The number of hydrogen-bond acceptors (Lipinski definition) is 5. The minimum Gasteiger partial charge on any atom is -0.369 e. The molecule has 0 saturated carbocycles. The number of nitrogens with one attached hydrogen (secondary N) is 1. The number of aryl methyl sites for hydroxylation is 2. The van der Waals surface area contributed by atoms with Gasteiger partial charge in [-0.1, -0.05) is 0 Å². The first-order valence-electron chi connectivity index (χ1n) is 9.22. The van der Waals surface area contributed by atoms with E-state index in [0.717, 1.165) is 53.6 Å². The van der Waals surface area contributed by atoms with Gasteiger partial charge in [0, 0.05) is 41.5 Å². The molecule has 27 heavy (non-hydrogen) atoms. The van der Waals surface area contributed by atoms with Gasteiger partial charge in [0.1, 0.15) is 6.54 Å². The predicted molar refractivity (Wildman–Crippen MR) is 107 cm³/mol. The summed E-state index contributed by atoms with van der Waals surface area (Å²) in [7, 11) is 0. The van der Waals surface area contributed by atoms with E-state index in [9.17, 15) is 9.59 Å². The minimum absolute atomic E-state index is 0.0196. The standard InChI is InChI=1S/C19H27N5O2S/c1-12-8-16(17-11-27-14(3)21-17)13(2)24(12)10-19(26)22-15-4-6-23(7-5-15)9-18(20)25/h8,11,15H,4-7,9-10H2,1-3H3,(H2,20,25)(H,22,26). The highest BCUT2D eigenvalue weighted by molar-refractivity contribution is 7.09. The van der Waals surface area contributed by atoms with E-state index in [1.165, 1.54) is 0 Å². The molecule has 2 amide bonds. The molecule has 8 heteroatoms. The van der Waals surface area contributed by atoms with E-state index in [0.29, 0.717) is 13.1 Å². The van der Waals surface area contributed by atoms with Gasteiger partial charge in [-0.3, -0.25) is 14.5 Å². The van der Waals surface area contributed by atoms with Gasteiger partial charge >= 0.3 is 0 Å². The van der Waals surface area contributed by atoms with Crippen LogP contribution in [0.4, 0.5) is 0 Å². The molecule has 7 nitrogen and oxygen atoms in total. The van der Waals surface area contributed by atoms with Crippen molar-refractivity contribution in [1.29, 1.82) is 0 Å². The molecule has 0 spiro atoms. The van der Waals surface area contributed by atoms with Crippen LogP contribution in [0.1, 0.15) is 29.2 Å². The van der Waals surface area contributed by atoms with Crippen molar-refractivity contribution in [1.82, 2.24) is 19.8 Å². The summed E-state index contributed by atoms with van der Waals surface area (Å²) in [5, 5.41) is 6.23. The summed E-state index contributed by atoms with van der Waals surface area (Å²) in [6.45, 7) is 8.21. The molecule has 2 aromatic rings. The van der Waals surface area contributed by atoms with Crippen molar-refractivity contribution in [2.24, 2.45) is 5.73 Å². The highest BCUT2D eigenvalue weighted by atomic mass is 32.1. The maximum absolute atomic E-state index is 12.6. The van der Waals surface area contributed by atoms with Crippen LogP contribution in [0.15, 0.2) is 11.4 Å². The monoisotopic (exact) mass is 389 g/mol. The van der Waals surface area contributed by atoms with Crippen LogP contribution in [0.2, 0.25) is 0 Å². The number of nitrogens with two attached hydrogens (primary N) is 1. The Kier molecular flexibility index (Phi) is 5.96. The second kappa shape index (κ2) is 8.22. The number of piperidine rings is 1. The first kappa shape index (κ1) is 19.6. The second-order valence-electron chi connectivity index (χ2n) is 7.21. The number of nitrogens with zero attached hydrogens (tertiary/aromatic N) is 3. The summed E-state index contributed by atoms with van der Waals surface area (Å²) < 4.78 is 2.04. The average molecular weight is 390 g/mol. The molecule has 146 valence electrons. The third-order valence-corrected chi connectivity index (χ3v) is 5.88. The molecule has 1 aliphatic rings. The highest BCUT2D eigenvalue weighted by Crippen LogP contribution is 2.27. The lowest BCUT2D eigenvalue weighted by Crippen LogP contribution is -2.47. The molecule has 3 heterocycles. The Labute approximate surface area is 163 Å². The van der Waals surface area contributed by atoms with Crippen LogP contribution in [-0.2, 0) is 16.1 Å². The van der Waals surface area contributed by atoms with Gasteiger partial charge in [-0.15, -0.1) is 11.3 Å². The Morgan fingerprint density at radius 3 is 2.56 bits per heavy atom. The zero-order valence-electron chi connectivity index (χ0n) is 16.1. The first-order valence-corrected chi connectivity index (χ1v) is 10.1. The molecule has 0 aromatic carbocycles. The van der Waals surface area contributed by atoms with Crippen LogP contribution in [0.5, 0.6) is 0 Å². The summed E-state index contributed by atoms with van der Waals surface area (Å²) in [5.41, 5.74) is 9.41. The highest BCUT2D eigenvalue weighted by Gasteiger charge is 2.22. The van der Waals surface area contributed by atoms with E-state index < -0.39 is 0 Å². The Morgan fingerprint density at radius 2 is 1.96 bits per heavy atom. The van der Waals surface area contributed by atoms with Crippen LogP contribution >= 0.6 is 11.3 Å². The van der Waals surface area contributed by atoms with Crippen molar-refractivity contribution in [3.05, 3.63) is 27.8 Å².